The Kier molecular flexibility index (Phi) is 6.03. The number of morpholine rings is 1. The van der Waals surface area contributed by atoms with Crippen LogP contribution in [0.25, 0.3) is 0 Å². The fourth-order valence-corrected chi connectivity index (χ4v) is 2.89. The summed E-state index contributed by atoms with van der Waals surface area (Å²) in [6.07, 6.45) is 0.174. The molecule has 1 aromatic rings. The van der Waals surface area contributed by atoms with Crippen LogP contribution in [-0.4, -0.2) is 50.4 Å². The minimum absolute atomic E-state index is 0.174. The Morgan fingerprint density at radius 1 is 1.43 bits per heavy atom. The molecule has 0 aromatic heterocycles. The van der Waals surface area contributed by atoms with Gasteiger partial charge in [0.25, 0.3) is 0 Å². The number of ether oxygens (including phenoxy) is 2. The minimum Gasteiger partial charge on any atom is -0.497 e. The number of hydrogen-bond donors (Lipinski definition) is 1. The fraction of sp³-hybridized carbons (Fsp3) is 0.647. The quantitative estimate of drug-likeness (QED) is 0.873. The van der Waals surface area contributed by atoms with Crippen molar-refractivity contribution in [2.45, 2.75) is 39.0 Å². The van der Waals surface area contributed by atoms with Gasteiger partial charge in [-0.3, -0.25) is 4.90 Å². The summed E-state index contributed by atoms with van der Waals surface area (Å²) in [5, 5.41) is 3.57. The summed E-state index contributed by atoms with van der Waals surface area (Å²) < 4.78 is 11.4. The summed E-state index contributed by atoms with van der Waals surface area (Å²) in [7, 11) is 1.71. The van der Waals surface area contributed by atoms with Crippen molar-refractivity contribution in [2.75, 3.05) is 33.4 Å². The monoisotopic (exact) mass is 292 g/mol. The van der Waals surface area contributed by atoms with Crippen LogP contribution in [-0.2, 0) is 4.74 Å². The molecule has 0 spiro atoms. The molecule has 1 aliphatic rings. The van der Waals surface area contributed by atoms with E-state index in [4.69, 9.17) is 9.47 Å². The standard InChI is InChI=1S/C17H28N2O2/c1-5-18-17(14-7-6-8-15(11-14)20-4)16-12-19(13(2)3)9-10-21-16/h6-8,11,13,16-18H,5,9-10,12H2,1-4H3. The second kappa shape index (κ2) is 7.78. The van der Waals surface area contributed by atoms with Crippen LogP contribution in [0.3, 0.4) is 0 Å². The molecule has 0 amide bonds. The van der Waals surface area contributed by atoms with E-state index < -0.39 is 0 Å². The zero-order valence-corrected chi connectivity index (χ0v) is 13.6. The molecule has 0 aliphatic carbocycles. The second-order valence-corrected chi connectivity index (χ2v) is 5.81. The second-order valence-electron chi connectivity index (χ2n) is 5.81. The van der Waals surface area contributed by atoms with Crippen molar-refractivity contribution >= 4 is 0 Å². The number of likely N-dealkylation sites (N-methyl/N-ethyl adjacent to an activating group) is 1. The fourth-order valence-electron chi connectivity index (χ4n) is 2.89. The Morgan fingerprint density at radius 2 is 2.24 bits per heavy atom. The highest BCUT2D eigenvalue weighted by atomic mass is 16.5. The highest BCUT2D eigenvalue weighted by Crippen LogP contribution is 2.26. The van der Waals surface area contributed by atoms with Gasteiger partial charge in [0.1, 0.15) is 5.75 Å². The van der Waals surface area contributed by atoms with Gasteiger partial charge in [-0.05, 0) is 38.1 Å². The van der Waals surface area contributed by atoms with Crippen molar-refractivity contribution in [3.63, 3.8) is 0 Å². The van der Waals surface area contributed by atoms with Gasteiger partial charge in [0.2, 0.25) is 0 Å². The van der Waals surface area contributed by atoms with E-state index in [9.17, 15) is 0 Å². The Bertz CT molecular complexity index is 437. The topological polar surface area (TPSA) is 33.7 Å². The van der Waals surface area contributed by atoms with Crippen LogP contribution in [0.2, 0.25) is 0 Å². The molecule has 4 nitrogen and oxygen atoms in total. The van der Waals surface area contributed by atoms with Gasteiger partial charge in [0.15, 0.2) is 0 Å². The maximum atomic E-state index is 6.06. The van der Waals surface area contributed by atoms with E-state index >= 15 is 0 Å². The molecule has 2 atom stereocenters. The van der Waals surface area contributed by atoms with Crippen LogP contribution >= 0.6 is 0 Å². The summed E-state index contributed by atoms with van der Waals surface area (Å²) in [5.74, 6) is 0.895. The Hall–Kier alpha value is -1.10. The van der Waals surface area contributed by atoms with Gasteiger partial charge >= 0.3 is 0 Å². The van der Waals surface area contributed by atoms with Crippen LogP contribution < -0.4 is 10.1 Å². The number of hydrogen-bond acceptors (Lipinski definition) is 4. The Balaban J connectivity index is 2.17. The lowest BCUT2D eigenvalue weighted by atomic mass is 9.99. The summed E-state index contributed by atoms with van der Waals surface area (Å²) in [6, 6.07) is 9.03. The van der Waals surface area contributed by atoms with Crippen LogP contribution in [0.15, 0.2) is 24.3 Å². The first kappa shape index (κ1) is 16.3. The lowest BCUT2D eigenvalue weighted by molar-refractivity contribution is -0.0558. The summed E-state index contributed by atoms with van der Waals surface area (Å²) in [6.45, 7) is 10.3. The average Bonchev–Trinajstić information content (AvgIpc) is 2.52. The van der Waals surface area contributed by atoms with Gasteiger partial charge in [-0.15, -0.1) is 0 Å². The van der Waals surface area contributed by atoms with Crippen molar-refractivity contribution in [2.24, 2.45) is 0 Å². The molecule has 0 saturated carbocycles. The van der Waals surface area contributed by atoms with Gasteiger partial charge in [0, 0.05) is 19.1 Å². The predicted molar refractivity (Wildman–Crippen MR) is 85.9 cm³/mol. The van der Waals surface area contributed by atoms with Crippen molar-refractivity contribution in [3.05, 3.63) is 29.8 Å². The molecule has 2 unspecified atom stereocenters. The van der Waals surface area contributed by atoms with Crippen LogP contribution in [0.5, 0.6) is 5.75 Å². The molecule has 1 saturated heterocycles. The zero-order valence-electron chi connectivity index (χ0n) is 13.6. The molecule has 0 bridgehead atoms. The van der Waals surface area contributed by atoms with Gasteiger partial charge in [0.05, 0.1) is 25.9 Å². The third-order valence-electron chi connectivity index (χ3n) is 4.10. The number of rotatable bonds is 6. The van der Waals surface area contributed by atoms with Crippen LogP contribution in [0, 0.1) is 0 Å². The van der Waals surface area contributed by atoms with Crippen molar-refractivity contribution < 1.29 is 9.47 Å². The molecule has 0 radical (unpaired) electrons. The third-order valence-corrected chi connectivity index (χ3v) is 4.10. The summed E-state index contributed by atoms with van der Waals surface area (Å²) >= 11 is 0. The number of nitrogens with one attached hydrogen (secondary N) is 1. The molecule has 2 rings (SSSR count). The van der Waals surface area contributed by atoms with E-state index in [2.05, 4.69) is 43.1 Å². The predicted octanol–water partition coefficient (Wildman–Crippen LogP) is 2.46. The highest BCUT2D eigenvalue weighted by Gasteiger charge is 2.29. The maximum Gasteiger partial charge on any atom is 0.119 e. The molecule has 1 fully saturated rings. The lowest BCUT2D eigenvalue weighted by Crippen LogP contribution is -2.50. The van der Waals surface area contributed by atoms with Crippen LogP contribution in [0.1, 0.15) is 32.4 Å². The zero-order chi connectivity index (χ0) is 15.2. The average molecular weight is 292 g/mol. The minimum atomic E-state index is 0.174. The third kappa shape index (κ3) is 4.19. The van der Waals surface area contributed by atoms with E-state index in [1.165, 1.54) is 5.56 Å². The molecular weight excluding hydrogens is 264 g/mol. The van der Waals surface area contributed by atoms with E-state index in [-0.39, 0.29) is 12.1 Å². The first-order chi connectivity index (χ1) is 10.2. The lowest BCUT2D eigenvalue weighted by Gasteiger charge is -2.39. The van der Waals surface area contributed by atoms with Gasteiger partial charge in [-0.1, -0.05) is 19.1 Å². The maximum absolute atomic E-state index is 6.06. The van der Waals surface area contributed by atoms with E-state index in [0.717, 1.165) is 32.0 Å². The largest absolute Gasteiger partial charge is 0.497 e. The number of benzene rings is 1. The van der Waals surface area contributed by atoms with Gasteiger partial charge in [-0.25, -0.2) is 0 Å². The SMILES string of the molecule is CCNC(c1cccc(OC)c1)C1CN(C(C)C)CCO1. The molecule has 1 heterocycles. The number of methoxy groups -OCH3 is 1. The molecule has 1 aromatic carbocycles. The first-order valence-corrected chi connectivity index (χ1v) is 7.88. The molecule has 1 N–H and O–H groups in total. The van der Waals surface area contributed by atoms with E-state index in [1.54, 1.807) is 7.11 Å². The van der Waals surface area contributed by atoms with E-state index in [1.807, 2.05) is 12.1 Å². The molecule has 1 aliphatic heterocycles. The van der Waals surface area contributed by atoms with Gasteiger partial charge < -0.3 is 14.8 Å². The Labute approximate surface area is 128 Å². The van der Waals surface area contributed by atoms with E-state index in [0.29, 0.717) is 6.04 Å². The molecule has 4 heteroatoms. The van der Waals surface area contributed by atoms with Crippen molar-refractivity contribution in [1.82, 2.24) is 10.2 Å². The molecule has 21 heavy (non-hydrogen) atoms. The summed E-state index contributed by atoms with van der Waals surface area (Å²) in [4.78, 5) is 2.48. The van der Waals surface area contributed by atoms with Gasteiger partial charge in [-0.2, -0.15) is 0 Å². The first-order valence-electron chi connectivity index (χ1n) is 7.88. The highest BCUT2D eigenvalue weighted by molar-refractivity contribution is 5.31. The summed E-state index contributed by atoms with van der Waals surface area (Å²) in [5.41, 5.74) is 1.23. The molecule has 118 valence electrons. The van der Waals surface area contributed by atoms with Crippen LogP contribution in [0.4, 0.5) is 0 Å². The van der Waals surface area contributed by atoms with Crippen molar-refractivity contribution in [3.8, 4) is 5.75 Å². The number of nitrogens with zero attached hydrogens (tertiary/aromatic N) is 1. The molecular formula is C17H28N2O2. The Morgan fingerprint density at radius 3 is 2.90 bits per heavy atom. The normalized spacial score (nSPS) is 21.5. The smallest absolute Gasteiger partial charge is 0.119 e. The van der Waals surface area contributed by atoms with Crippen molar-refractivity contribution in [1.29, 1.82) is 0 Å².